The molecule has 3 aliphatic rings. The average molecular weight is 521 g/mol. The number of rotatable bonds is 5. The van der Waals surface area contributed by atoms with Crippen LogP contribution in [0.4, 0.5) is 0 Å². The molecule has 0 radical (unpaired) electrons. The number of nitrogens with zero attached hydrogens (tertiary/aromatic N) is 1. The van der Waals surface area contributed by atoms with Crippen molar-refractivity contribution in [3.63, 3.8) is 0 Å². The largest absolute Gasteiger partial charge is 0.490 e. The van der Waals surface area contributed by atoms with Crippen LogP contribution in [-0.4, -0.2) is 36.7 Å². The van der Waals surface area contributed by atoms with Gasteiger partial charge in [0.2, 0.25) is 0 Å². The quantitative estimate of drug-likeness (QED) is 0.503. The van der Waals surface area contributed by atoms with Gasteiger partial charge in [0.25, 0.3) is 0 Å². The van der Waals surface area contributed by atoms with Crippen LogP contribution in [0.3, 0.4) is 0 Å². The van der Waals surface area contributed by atoms with Crippen molar-refractivity contribution in [2.45, 2.75) is 58.3 Å². The molecular formula is C24H28INO4. The van der Waals surface area contributed by atoms with E-state index < -0.39 is 0 Å². The number of carbonyl (C=O) groups excluding carboxylic acids is 2. The minimum absolute atomic E-state index is 0.167. The second kappa shape index (κ2) is 8.73. The molecule has 160 valence electrons. The molecule has 4 rings (SSSR count). The lowest BCUT2D eigenvalue weighted by Crippen LogP contribution is -2.37. The smallest absolute Gasteiger partial charge is 0.174 e. The normalized spacial score (nSPS) is 19.8. The lowest BCUT2D eigenvalue weighted by Gasteiger charge is -2.42. The Morgan fingerprint density at radius 1 is 0.933 bits per heavy atom. The van der Waals surface area contributed by atoms with E-state index in [1.54, 1.807) is 0 Å². The number of ether oxygens (including phenoxy) is 2. The number of ketones is 2. The molecule has 0 aromatic heterocycles. The molecule has 0 bridgehead atoms. The maximum Gasteiger partial charge on any atom is 0.174 e. The van der Waals surface area contributed by atoms with E-state index in [4.69, 9.17) is 9.47 Å². The molecule has 0 N–H and O–H groups in total. The van der Waals surface area contributed by atoms with Crippen molar-refractivity contribution in [1.29, 1.82) is 0 Å². The van der Waals surface area contributed by atoms with Gasteiger partial charge in [-0.3, -0.25) is 9.59 Å². The first-order chi connectivity index (χ1) is 14.5. The van der Waals surface area contributed by atoms with E-state index >= 15 is 0 Å². The van der Waals surface area contributed by atoms with Gasteiger partial charge in [-0.1, -0.05) is 0 Å². The number of halogens is 1. The fourth-order valence-corrected chi connectivity index (χ4v) is 5.77. The Morgan fingerprint density at radius 2 is 1.50 bits per heavy atom. The monoisotopic (exact) mass is 521 g/mol. The maximum atomic E-state index is 13.1. The van der Waals surface area contributed by atoms with Crippen molar-refractivity contribution in [3.05, 3.63) is 43.8 Å². The van der Waals surface area contributed by atoms with Gasteiger partial charge < -0.3 is 14.4 Å². The van der Waals surface area contributed by atoms with Crippen LogP contribution >= 0.6 is 22.6 Å². The highest BCUT2D eigenvalue weighted by molar-refractivity contribution is 14.1. The summed E-state index contributed by atoms with van der Waals surface area (Å²) < 4.78 is 12.7. The fourth-order valence-electron chi connectivity index (χ4n) is 4.99. The van der Waals surface area contributed by atoms with Crippen molar-refractivity contribution < 1.29 is 19.1 Å². The van der Waals surface area contributed by atoms with Gasteiger partial charge in [0.1, 0.15) is 0 Å². The molecule has 0 amide bonds. The summed E-state index contributed by atoms with van der Waals surface area (Å²) in [4.78, 5) is 28.4. The van der Waals surface area contributed by atoms with Crippen molar-refractivity contribution in [2.24, 2.45) is 0 Å². The van der Waals surface area contributed by atoms with E-state index in [2.05, 4.69) is 33.6 Å². The SMILES string of the molecule is CCOc1cc(C2C3=C(CCCC3=O)N(C)C3=C2C(=O)CCC3)cc(I)c1OCC. The first-order valence-electron chi connectivity index (χ1n) is 10.8. The summed E-state index contributed by atoms with van der Waals surface area (Å²) in [5.41, 5.74) is 4.74. The van der Waals surface area contributed by atoms with Crippen LogP contribution in [0.5, 0.6) is 11.5 Å². The fraction of sp³-hybridized carbons (Fsp3) is 0.500. The lowest BCUT2D eigenvalue weighted by atomic mass is 9.71. The molecule has 1 heterocycles. The first kappa shape index (κ1) is 21.4. The highest BCUT2D eigenvalue weighted by Crippen LogP contribution is 2.50. The molecule has 0 fully saturated rings. The molecule has 2 aliphatic carbocycles. The molecule has 5 nitrogen and oxygen atoms in total. The van der Waals surface area contributed by atoms with Crippen LogP contribution in [-0.2, 0) is 9.59 Å². The standard InChI is InChI=1S/C24H28INO4/c1-4-29-20-13-14(12-15(25)24(20)30-5-2)21-22-16(8-6-10-18(22)27)26(3)17-9-7-11-19(28)23(17)21/h12-13,21H,4-11H2,1-3H3. The highest BCUT2D eigenvalue weighted by atomic mass is 127. The topological polar surface area (TPSA) is 55.8 Å². The molecular weight excluding hydrogens is 493 g/mol. The van der Waals surface area contributed by atoms with E-state index in [9.17, 15) is 9.59 Å². The van der Waals surface area contributed by atoms with Crippen molar-refractivity contribution in [3.8, 4) is 11.5 Å². The summed E-state index contributed by atoms with van der Waals surface area (Å²) in [6.07, 6.45) is 4.60. The Balaban J connectivity index is 1.94. The molecule has 1 aliphatic heterocycles. The third-order valence-electron chi connectivity index (χ3n) is 6.20. The molecule has 1 aromatic carbocycles. The van der Waals surface area contributed by atoms with Crippen LogP contribution in [0.15, 0.2) is 34.7 Å². The number of benzene rings is 1. The van der Waals surface area contributed by atoms with Crippen LogP contribution in [0, 0.1) is 3.57 Å². The zero-order valence-electron chi connectivity index (χ0n) is 17.8. The van der Waals surface area contributed by atoms with E-state index in [1.807, 2.05) is 27.0 Å². The minimum atomic E-state index is -0.310. The third-order valence-corrected chi connectivity index (χ3v) is 7.00. The van der Waals surface area contributed by atoms with Crippen LogP contribution in [0.1, 0.15) is 63.9 Å². The number of hydrogen-bond donors (Lipinski definition) is 0. The van der Waals surface area contributed by atoms with Gasteiger partial charge in [-0.2, -0.15) is 0 Å². The van der Waals surface area contributed by atoms with Crippen molar-refractivity contribution in [1.82, 2.24) is 4.90 Å². The summed E-state index contributed by atoms with van der Waals surface area (Å²) in [6, 6.07) is 4.04. The average Bonchev–Trinajstić information content (AvgIpc) is 2.72. The van der Waals surface area contributed by atoms with Crippen molar-refractivity contribution in [2.75, 3.05) is 20.3 Å². The van der Waals surface area contributed by atoms with Gasteiger partial charge in [0, 0.05) is 48.3 Å². The van der Waals surface area contributed by atoms with E-state index in [-0.39, 0.29) is 17.5 Å². The Morgan fingerprint density at radius 3 is 2.03 bits per heavy atom. The van der Waals surface area contributed by atoms with Gasteiger partial charge in [-0.15, -0.1) is 0 Å². The first-order valence-corrected chi connectivity index (χ1v) is 11.9. The van der Waals surface area contributed by atoms with E-state index in [0.717, 1.165) is 63.1 Å². The van der Waals surface area contributed by atoms with E-state index in [0.29, 0.717) is 31.8 Å². The Labute approximate surface area is 191 Å². The number of carbonyl (C=O) groups is 2. The number of allylic oxidation sites excluding steroid dienone is 4. The predicted molar refractivity (Wildman–Crippen MR) is 124 cm³/mol. The summed E-state index contributed by atoms with van der Waals surface area (Å²) in [5, 5.41) is 0. The second-order valence-corrected chi connectivity index (χ2v) is 9.12. The zero-order valence-corrected chi connectivity index (χ0v) is 20.0. The summed E-state index contributed by atoms with van der Waals surface area (Å²) in [6.45, 7) is 4.96. The molecule has 0 saturated carbocycles. The second-order valence-electron chi connectivity index (χ2n) is 7.96. The van der Waals surface area contributed by atoms with Crippen LogP contribution < -0.4 is 9.47 Å². The van der Waals surface area contributed by atoms with Crippen molar-refractivity contribution >= 4 is 34.2 Å². The molecule has 0 unspecified atom stereocenters. The van der Waals surface area contributed by atoms with Crippen LogP contribution in [0.25, 0.3) is 0 Å². The molecule has 0 saturated heterocycles. The van der Waals surface area contributed by atoms with Crippen LogP contribution in [0.2, 0.25) is 0 Å². The zero-order chi connectivity index (χ0) is 21.4. The Hall–Kier alpha value is -1.83. The molecule has 6 heteroatoms. The summed E-state index contributed by atoms with van der Waals surface area (Å²) in [5.74, 6) is 1.43. The van der Waals surface area contributed by atoms with Gasteiger partial charge >= 0.3 is 0 Å². The number of Topliss-reactive ketones (excluding diaryl/α,β-unsaturated/α-hetero) is 2. The molecule has 0 spiro atoms. The van der Waals surface area contributed by atoms with Gasteiger partial charge in [0.05, 0.1) is 16.8 Å². The Kier molecular flexibility index (Phi) is 6.23. The summed E-state index contributed by atoms with van der Waals surface area (Å²) in [7, 11) is 2.02. The molecule has 1 aromatic rings. The maximum absolute atomic E-state index is 13.1. The summed E-state index contributed by atoms with van der Waals surface area (Å²) >= 11 is 2.26. The predicted octanol–water partition coefficient (Wildman–Crippen LogP) is 5.13. The molecule has 30 heavy (non-hydrogen) atoms. The van der Waals surface area contributed by atoms with Gasteiger partial charge in [0.15, 0.2) is 23.1 Å². The Bertz CT molecular complexity index is 918. The van der Waals surface area contributed by atoms with Gasteiger partial charge in [-0.05, 0) is 79.8 Å². The minimum Gasteiger partial charge on any atom is -0.490 e. The van der Waals surface area contributed by atoms with Gasteiger partial charge in [-0.25, -0.2) is 0 Å². The highest BCUT2D eigenvalue weighted by Gasteiger charge is 2.42. The third kappa shape index (κ3) is 3.57. The molecule has 0 atom stereocenters. The lowest BCUT2D eigenvalue weighted by molar-refractivity contribution is -0.117. The number of hydrogen-bond acceptors (Lipinski definition) is 5. The van der Waals surface area contributed by atoms with E-state index in [1.165, 1.54) is 0 Å².